The predicted molar refractivity (Wildman–Crippen MR) is 418 cm³/mol. The van der Waals surface area contributed by atoms with Crippen LogP contribution in [-0.2, 0) is 84.6 Å². The van der Waals surface area contributed by atoms with Crippen LogP contribution in [0.1, 0.15) is 169 Å². The second kappa shape index (κ2) is 47.2. The lowest BCUT2D eigenvalue weighted by Gasteiger charge is -2.41. The number of hydrogen-bond donors (Lipinski definition) is 4. The fraction of sp³-hybridized carbons (Fsp3) is 0.610. The van der Waals surface area contributed by atoms with Crippen LogP contribution in [0.2, 0.25) is 0 Å². The summed E-state index contributed by atoms with van der Waals surface area (Å²) >= 11 is 1.53. The van der Waals surface area contributed by atoms with Crippen molar-refractivity contribution in [1.29, 1.82) is 0 Å². The number of nitrogens with zero attached hydrogens (tertiary/aromatic N) is 5. The molecule has 1 aromatic heterocycles. The molecule has 5 N–H and O–H groups in total. The number of anilines is 1. The number of imide groups is 1. The van der Waals surface area contributed by atoms with E-state index < -0.39 is 83.8 Å². The second-order valence-electron chi connectivity index (χ2n) is 29.7. The molecule has 2 aliphatic rings. The van der Waals surface area contributed by atoms with Gasteiger partial charge in [0, 0.05) is 108 Å². The van der Waals surface area contributed by atoms with Crippen LogP contribution in [-0.4, -0.2) is 227 Å². The van der Waals surface area contributed by atoms with Crippen LogP contribution >= 0.6 is 11.3 Å². The van der Waals surface area contributed by atoms with Crippen LogP contribution in [0, 0.1) is 41.4 Å². The Morgan fingerprint density at radius 2 is 1.29 bits per heavy atom. The summed E-state index contributed by atoms with van der Waals surface area (Å²) < 4.78 is 40.2. The first-order valence-electron chi connectivity index (χ1n) is 38.8. The minimum Gasteiger partial charge on any atom is -0.445 e. The van der Waals surface area contributed by atoms with Gasteiger partial charge in [-0.2, -0.15) is 0 Å². The Bertz CT molecular complexity index is 3590. The van der Waals surface area contributed by atoms with Gasteiger partial charge in [0.05, 0.1) is 118 Å². The first-order valence-corrected chi connectivity index (χ1v) is 39.7. The Balaban J connectivity index is 0.948. The Morgan fingerprint density at radius 1 is 0.676 bits per heavy atom. The first kappa shape index (κ1) is 91.5. The third-order valence-corrected chi connectivity index (χ3v) is 21.6. The van der Waals surface area contributed by atoms with Crippen LogP contribution < -0.4 is 21.7 Å². The number of ether oxygens (including phenoxy) is 7. The largest absolute Gasteiger partial charge is 0.445 e. The minimum absolute atomic E-state index is 0.00203. The van der Waals surface area contributed by atoms with Gasteiger partial charge in [0.15, 0.2) is 11.6 Å². The van der Waals surface area contributed by atoms with E-state index in [1.165, 1.54) is 30.4 Å². The van der Waals surface area contributed by atoms with Gasteiger partial charge in [-0.1, -0.05) is 123 Å². The number of likely N-dealkylation sites (N-methyl/N-ethyl adjacent to an activating group) is 2. The Labute approximate surface area is 657 Å². The van der Waals surface area contributed by atoms with Gasteiger partial charge in [-0.15, -0.1) is 16.4 Å². The van der Waals surface area contributed by atoms with E-state index in [2.05, 4.69) is 33.1 Å². The molecular weight excluding hydrogens is 1450 g/mol. The number of ketones is 3. The van der Waals surface area contributed by atoms with E-state index in [9.17, 15) is 52.7 Å². The molecule has 0 aliphatic carbocycles. The Morgan fingerprint density at radius 3 is 1.85 bits per heavy atom. The number of likely N-dealkylation sites (tertiary alicyclic amines) is 1. The van der Waals surface area contributed by atoms with Gasteiger partial charge < -0.3 is 69.5 Å². The number of Topliss-reactive ketones (excluding diaryl/α,β-unsaturated/α-hetero) is 3. The highest BCUT2D eigenvalue weighted by molar-refractivity contribution is 7.09. The molecule has 3 heterocycles. The van der Waals surface area contributed by atoms with Crippen molar-refractivity contribution in [2.45, 2.75) is 182 Å². The smallest absolute Gasteiger partial charge is 0.410 e. The zero-order valence-corrected chi connectivity index (χ0v) is 67.8. The number of amides is 9. The number of rotatable bonds is 52. The number of hydroxylamine groups is 2. The highest BCUT2D eigenvalue weighted by Gasteiger charge is 2.45. The van der Waals surface area contributed by atoms with Gasteiger partial charge in [0.2, 0.25) is 23.6 Å². The summed E-state index contributed by atoms with van der Waals surface area (Å²) in [6.07, 6.45) is 2.65. The summed E-state index contributed by atoms with van der Waals surface area (Å²) in [5.41, 5.74) is 7.93. The van der Waals surface area contributed by atoms with Gasteiger partial charge >= 0.3 is 12.1 Å². The zero-order valence-electron chi connectivity index (χ0n) is 67.0. The molecule has 1 fully saturated rings. The summed E-state index contributed by atoms with van der Waals surface area (Å²) in [5.74, 6) is -6.54. The third-order valence-electron chi connectivity index (χ3n) is 20.7. The van der Waals surface area contributed by atoms with E-state index in [1.807, 2.05) is 76.9 Å². The number of nitrogens with one attached hydrogen (secondary N) is 3. The van der Waals surface area contributed by atoms with E-state index in [0.29, 0.717) is 54.6 Å². The summed E-state index contributed by atoms with van der Waals surface area (Å²) in [5, 5.41) is 11.7. The quantitative estimate of drug-likeness (QED) is 0.0236. The molecule has 11 atom stereocenters. The minimum atomic E-state index is -0.971. The number of benzene rings is 3. The molecule has 111 heavy (non-hydrogen) atoms. The fourth-order valence-corrected chi connectivity index (χ4v) is 15.1. The Kier molecular flexibility index (Phi) is 38.9. The van der Waals surface area contributed by atoms with Crippen molar-refractivity contribution in [3.63, 3.8) is 0 Å². The van der Waals surface area contributed by atoms with Crippen molar-refractivity contribution < 1.29 is 90.7 Å². The molecule has 9 amide bonds. The summed E-state index contributed by atoms with van der Waals surface area (Å²) in [6.45, 7) is 19.0. The van der Waals surface area contributed by atoms with Gasteiger partial charge in [0.25, 0.3) is 11.8 Å². The lowest BCUT2D eigenvalue weighted by molar-refractivity contribution is -0.149. The number of urea groups is 1. The third kappa shape index (κ3) is 28.0. The van der Waals surface area contributed by atoms with Gasteiger partial charge in [-0.3, -0.25) is 48.0 Å². The standard InChI is InChI=1S/C82H119N9O19S/c1-14-55(8)74(69(103-12)50-71(96)90-35-21-27-65(90)75(104-13)56(9)66(92)48-60(77-84-34-45-111-77)46-57-22-16-15-17-23-57)88(10)78(98)64(52(2)3)49-68(94)73(54(6)7)89(11)82(102)109-51-58-28-30-61(31-29-58)86-76(97)59(24-20-33-85-81(83)101)47-67(93)72(53(4)5)87-70(95)32-36-105-37-38-106-39-40-107-41-42-108-43-44-110-91-79(99)62-25-18-19-26-63(62)80(91)100/h15-19,22-23,25-26,28-31,34,45,52-56,59-60,64-65,69,72-75H,14,20-21,24,27,32-33,35-44,46-51H2,1-13H3,(H,86,97)(H,87,95)(H3,83,85,101)/t55-,56-,59+,60+,64-,65-,69+,72-,73-,74-,75+/m0/s1. The number of methoxy groups -OCH3 is 2. The average Bonchev–Trinajstić information content (AvgIpc) is 1.66. The number of carbonyl (C=O) groups excluding carboxylic acids is 11. The SMILES string of the molecule is CC[C@H](C)[C@@H]([C@@H](CC(=O)N1CCC[C@H]1[C@H](OC)[C@@H](C)C(=O)C[C@@H](Cc1ccccc1)c1nccs1)OC)N(C)C(=O)[C@@H](CC(=O)[C@H](C(C)C)N(C)C(=O)OCc1ccc(NC(=O)[C@H](CCCNC(N)=O)CC(=O)[C@@H](NC(=O)CCOCCOCCOCCOCCON2C(=O)c3ccccc3C2=O)C(C)C)cc1)C(C)C. The first-order chi connectivity index (χ1) is 53.1. The maximum atomic E-state index is 15.0. The molecule has 28 nitrogen and oxygen atoms in total. The van der Waals surface area contributed by atoms with Crippen LogP contribution in [0.4, 0.5) is 15.3 Å². The summed E-state index contributed by atoms with van der Waals surface area (Å²) in [7, 11) is 6.31. The van der Waals surface area contributed by atoms with Crippen molar-refractivity contribution in [3.05, 3.63) is 118 Å². The maximum Gasteiger partial charge on any atom is 0.410 e. The monoisotopic (exact) mass is 1570 g/mol. The summed E-state index contributed by atoms with van der Waals surface area (Å²) in [6, 6.07) is 19.5. The summed E-state index contributed by atoms with van der Waals surface area (Å²) in [4.78, 5) is 164. The zero-order chi connectivity index (χ0) is 81.3. The van der Waals surface area contributed by atoms with E-state index >= 15 is 0 Å². The molecule has 29 heteroatoms. The molecule has 612 valence electrons. The molecule has 1 saturated heterocycles. The van der Waals surface area contributed by atoms with Crippen molar-refractivity contribution in [1.82, 2.24) is 35.4 Å². The molecule has 4 aromatic rings. The lowest BCUT2D eigenvalue weighted by atomic mass is 9.83. The molecule has 0 saturated carbocycles. The van der Waals surface area contributed by atoms with E-state index in [1.54, 1.807) is 87.6 Å². The lowest BCUT2D eigenvalue weighted by Crippen LogP contribution is -2.54. The molecule has 0 bridgehead atoms. The normalized spacial score (nSPS) is 16.3. The molecule has 0 unspecified atom stereocenters. The number of hydrogen-bond acceptors (Lipinski definition) is 21. The highest BCUT2D eigenvalue weighted by Crippen LogP contribution is 2.35. The van der Waals surface area contributed by atoms with Crippen molar-refractivity contribution in [2.24, 2.45) is 47.2 Å². The number of carbonyl (C=O) groups is 11. The van der Waals surface area contributed by atoms with Gasteiger partial charge in [-0.05, 0) is 91.2 Å². The molecule has 6 rings (SSSR count). The highest BCUT2D eigenvalue weighted by atomic mass is 32.1. The average molecular weight is 1570 g/mol. The fourth-order valence-electron chi connectivity index (χ4n) is 14.4. The van der Waals surface area contributed by atoms with Crippen molar-refractivity contribution in [3.8, 4) is 0 Å². The van der Waals surface area contributed by atoms with Crippen molar-refractivity contribution in [2.75, 3.05) is 106 Å². The number of nitrogens with two attached hydrogens (primary N) is 1. The second-order valence-corrected chi connectivity index (χ2v) is 30.6. The number of primary amides is 1. The molecular formula is C82H119N9O19S. The van der Waals surface area contributed by atoms with E-state index in [0.717, 1.165) is 22.1 Å². The number of thiazole rings is 1. The molecule has 3 aromatic carbocycles. The van der Waals surface area contributed by atoms with E-state index in [-0.39, 0.29) is 176 Å². The Hall–Kier alpha value is -8.42. The van der Waals surface area contributed by atoms with Crippen LogP contribution in [0.25, 0.3) is 0 Å². The van der Waals surface area contributed by atoms with Crippen LogP contribution in [0.5, 0.6) is 0 Å². The number of fused-ring (bicyclic) bond motifs is 1. The topological polar surface area (TPSA) is 350 Å². The molecule has 0 spiro atoms. The van der Waals surface area contributed by atoms with Crippen LogP contribution in [0.3, 0.4) is 0 Å². The maximum absolute atomic E-state index is 15.0. The van der Waals surface area contributed by atoms with Crippen molar-refractivity contribution >= 4 is 81.9 Å². The molecule has 0 radical (unpaired) electrons. The number of aromatic nitrogens is 1. The van der Waals surface area contributed by atoms with Gasteiger partial charge in [-0.25, -0.2) is 14.6 Å². The van der Waals surface area contributed by atoms with E-state index in [4.69, 9.17) is 43.7 Å². The molecule has 2 aliphatic heterocycles. The predicted octanol–water partition coefficient (Wildman–Crippen LogP) is 9.66. The van der Waals surface area contributed by atoms with Crippen LogP contribution in [0.15, 0.2) is 90.4 Å². The van der Waals surface area contributed by atoms with Gasteiger partial charge in [0.1, 0.15) is 12.4 Å².